The summed E-state index contributed by atoms with van der Waals surface area (Å²) in [7, 11) is 1.59. The molecule has 2 rings (SSSR count). The average molecular weight is 241 g/mol. The largest absolute Gasteiger partial charge is 0.379 e. The highest BCUT2D eigenvalue weighted by Gasteiger charge is 2.38. The molecular weight excluding hydrogens is 222 g/mol. The van der Waals surface area contributed by atoms with Gasteiger partial charge >= 0.3 is 0 Å². The summed E-state index contributed by atoms with van der Waals surface area (Å²) >= 11 is 0. The standard InChI is InChI=1S/C11H19N3O3/c1-10(2,16-3)8-13-9(17-14-8)11(15)5-4-6-12-7-11/h12,15H,4-7H2,1-3H3. The van der Waals surface area contributed by atoms with Crippen LogP contribution in [0, 0.1) is 0 Å². The van der Waals surface area contributed by atoms with E-state index in [4.69, 9.17) is 9.26 Å². The van der Waals surface area contributed by atoms with Gasteiger partial charge in [0.05, 0.1) is 0 Å². The van der Waals surface area contributed by atoms with Crippen LogP contribution >= 0.6 is 0 Å². The highest BCUT2D eigenvalue weighted by atomic mass is 16.5. The van der Waals surface area contributed by atoms with Gasteiger partial charge in [0.25, 0.3) is 5.89 Å². The molecule has 0 radical (unpaired) electrons. The van der Waals surface area contributed by atoms with Crippen LogP contribution in [-0.4, -0.2) is 35.4 Å². The third-order valence-electron chi connectivity index (χ3n) is 3.23. The lowest BCUT2D eigenvalue weighted by molar-refractivity contribution is -0.0167. The van der Waals surface area contributed by atoms with Crippen molar-refractivity contribution in [3.8, 4) is 0 Å². The minimum Gasteiger partial charge on any atom is -0.379 e. The molecule has 96 valence electrons. The topological polar surface area (TPSA) is 80.4 Å². The minimum absolute atomic E-state index is 0.268. The molecule has 0 spiro atoms. The number of hydrogen-bond acceptors (Lipinski definition) is 6. The number of nitrogens with zero attached hydrogens (tertiary/aromatic N) is 2. The Morgan fingerprint density at radius 3 is 2.88 bits per heavy atom. The van der Waals surface area contributed by atoms with Crippen LogP contribution in [0.4, 0.5) is 0 Å². The van der Waals surface area contributed by atoms with E-state index in [1.54, 1.807) is 7.11 Å². The predicted octanol–water partition coefficient (Wildman–Crippen LogP) is 0.522. The Balaban J connectivity index is 2.23. The van der Waals surface area contributed by atoms with Gasteiger partial charge in [0.2, 0.25) is 5.82 Å². The van der Waals surface area contributed by atoms with Crippen LogP contribution in [0.5, 0.6) is 0 Å². The van der Waals surface area contributed by atoms with E-state index in [0.717, 1.165) is 13.0 Å². The number of rotatable bonds is 3. The van der Waals surface area contributed by atoms with Gasteiger partial charge in [-0.05, 0) is 33.2 Å². The maximum atomic E-state index is 10.4. The van der Waals surface area contributed by atoms with Crippen molar-refractivity contribution in [3.05, 3.63) is 11.7 Å². The Labute approximate surface area is 100 Å². The van der Waals surface area contributed by atoms with Gasteiger partial charge in [0.15, 0.2) is 5.60 Å². The normalized spacial score (nSPS) is 26.1. The fourth-order valence-electron chi connectivity index (χ4n) is 1.82. The van der Waals surface area contributed by atoms with E-state index >= 15 is 0 Å². The second kappa shape index (κ2) is 4.36. The first-order chi connectivity index (χ1) is 7.98. The van der Waals surface area contributed by atoms with E-state index in [2.05, 4.69) is 15.5 Å². The van der Waals surface area contributed by atoms with Crippen LogP contribution in [0.3, 0.4) is 0 Å². The van der Waals surface area contributed by atoms with E-state index in [0.29, 0.717) is 18.8 Å². The van der Waals surface area contributed by atoms with Crippen molar-refractivity contribution in [1.29, 1.82) is 0 Å². The van der Waals surface area contributed by atoms with Gasteiger partial charge in [-0.15, -0.1) is 0 Å². The van der Waals surface area contributed by atoms with E-state index in [-0.39, 0.29) is 5.89 Å². The molecule has 0 saturated carbocycles. The second-order valence-electron chi connectivity index (χ2n) is 4.95. The number of β-amino-alcohol motifs (C(OH)–C–C–N with tert-alkyl or cyclic N) is 1. The highest BCUT2D eigenvalue weighted by molar-refractivity contribution is 5.05. The Morgan fingerprint density at radius 2 is 2.29 bits per heavy atom. The Kier molecular flexibility index (Phi) is 3.20. The lowest BCUT2D eigenvalue weighted by atomic mass is 9.94. The second-order valence-corrected chi connectivity index (χ2v) is 4.95. The van der Waals surface area contributed by atoms with Crippen LogP contribution in [0.25, 0.3) is 0 Å². The number of ether oxygens (including phenoxy) is 1. The summed E-state index contributed by atoms with van der Waals surface area (Å²) in [6, 6.07) is 0. The molecule has 1 saturated heterocycles. The van der Waals surface area contributed by atoms with Gasteiger partial charge in [-0.1, -0.05) is 5.16 Å². The fourth-order valence-corrected chi connectivity index (χ4v) is 1.82. The van der Waals surface area contributed by atoms with Gasteiger partial charge in [-0.2, -0.15) is 4.98 Å². The van der Waals surface area contributed by atoms with Gasteiger partial charge in [-0.3, -0.25) is 0 Å². The number of nitrogens with one attached hydrogen (secondary N) is 1. The molecule has 0 amide bonds. The maximum Gasteiger partial charge on any atom is 0.260 e. The van der Waals surface area contributed by atoms with Crippen LogP contribution in [0.2, 0.25) is 0 Å². The molecule has 1 aliphatic heterocycles. The fraction of sp³-hybridized carbons (Fsp3) is 0.818. The molecule has 1 aliphatic rings. The third-order valence-corrected chi connectivity index (χ3v) is 3.23. The van der Waals surface area contributed by atoms with Gasteiger partial charge < -0.3 is 19.7 Å². The van der Waals surface area contributed by atoms with Gasteiger partial charge in [-0.25, -0.2) is 0 Å². The van der Waals surface area contributed by atoms with Crippen molar-refractivity contribution in [2.45, 2.75) is 37.9 Å². The molecule has 1 atom stereocenters. The molecule has 2 N–H and O–H groups in total. The van der Waals surface area contributed by atoms with Crippen molar-refractivity contribution in [2.24, 2.45) is 0 Å². The summed E-state index contributed by atoms with van der Waals surface area (Å²) in [4.78, 5) is 4.26. The number of methoxy groups -OCH3 is 1. The van der Waals surface area contributed by atoms with E-state index in [9.17, 15) is 5.11 Å². The van der Waals surface area contributed by atoms with Crippen LogP contribution < -0.4 is 5.32 Å². The molecule has 1 aromatic heterocycles. The molecule has 1 aromatic rings. The molecule has 1 fully saturated rings. The zero-order chi connectivity index (χ0) is 12.5. The summed E-state index contributed by atoms with van der Waals surface area (Å²) < 4.78 is 10.4. The van der Waals surface area contributed by atoms with Crippen LogP contribution in [-0.2, 0) is 15.9 Å². The first kappa shape index (κ1) is 12.5. The molecule has 6 heteroatoms. The predicted molar refractivity (Wildman–Crippen MR) is 60.3 cm³/mol. The number of piperidine rings is 1. The number of aromatic nitrogens is 2. The first-order valence-corrected chi connectivity index (χ1v) is 5.81. The smallest absolute Gasteiger partial charge is 0.260 e. The first-order valence-electron chi connectivity index (χ1n) is 5.81. The van der Waals surface area contributed by atoms with Crippen molar-refractivity contribution in [1.82, 2.24) is 15.5 Å². The lowest BCUT2D eigenvalue weighted by Gasteiger charge is -2.28. The van der Waals surface area contributed by atoms with E-state index in [1.165, 1.54) is 0 Å². The molecular formula is C11H19N3O3. The summed E-state index contributed by atoms with van der Waals surface area (Å²) in [5.74, 6) is 0.721. The summed E-state index contributed by atoms with van der Waals surface area (Å²) in [5.41, 5.74) is -1.66. The van der Waals surface area contributed by atoms with Gasteiger partial charge in [0.1, 0.15) is 5.60 Å². The van der Waals surface area contributed by atoms with Crippen molar-refractivity contribution >= 4 is 0 Å². The summed E-state index contributed by atoms with van der Waals surface area (Å²) in [5, 5.41) is 17.4. The van der Waals surface area contributed by atoms with Crippen LogP contribution in [0.1, 0.15) is 38.4 Å². The molecule has 1 unspecified atom stereocenters. The molecule has 2 heterocycles. The number of hydrogen-bond donors (Lipinski definition) is 2. The Hall–Kier alpha value is -0.980. The van der Waals surface area contributed by atoms with Crippen molar-refractivity contribution < 1.29 is 14.4 Å². The third kappa shape index (κ3) is 2.34. The Bertz CT molecular complexity index is 383. The maximum absolute atomic E-state index is 10.4. The zero-order valence-corrected chi connectivity index (χ0v) is 10.5. The molecule has 0 bridgehead atoms. The quantitative estimate of drug-likeness (QED) is 0.803. The highest BCUT2D eigenvalue weighted by Crippen LogP contribution is 2.29. The minimum atomic E-state index is -1.05. The van der Waals surface area contributed by atoms with Crippen molar-refractivity contribution in [3.63, 3.8) is 0 Å². The van der Waals surface area contributed by atoms with Crippen LogP contribution in [0.15, 0.2) is 4.52 Å². The molecule has 17 heavy (non-hydrogen) atoms. The molecule has 0 aliphatic carbocycles. The van der Waals surface area contributed by atoms with E-state index in [1.807, 2.05) is 13.8 Å². The Morgan fingerprint density at radius 1 is 1.53 bits per heavy atom. The lowest BCUT2D eigenvalue weighted by Crippen LogP contribution is -2.43. The zero-order valence-electron chi connectivity index (χ0n) is 10.5. The van der Waals surface area contributed by atoms with E-state index < -0.39 is 11.2 Å². The SMILES string of the molecule is COC(C)(C)c1noc(C2(O)CCCNC2)n1. The van der Waals surface area contributed by atoms with Crippen molar-refractivity contribution in [2.75, 3.05) is 20.2 Å². The monoisotopic (exact) mass is 241 g/mol. The summed E-state index contributed by atoms with van der Waals surface area (Å²) in [6.45, 7) is 5.06. The number of aliphatic hydroxyl groups is 1. The summed E-state index contributed by atoms with van der Waals surface area (Å²) in [6.07, 6.45) is 1.52. The average Bonchev–Trinajstić information content (AvgIpc) is 2.80. The molecule has 0 aromatic carbocycles. The van der Waals surface area contributed by atoms with Gasteiger partial charge in [0, 0.05) is 13.7 Å². The molecule has 6 nitrogen and oxygen atoms in total.